The Morgan fingerprint density at radius 3 is 2.36 bits per heavy atom. The molecule has 112 valence electrons. The average Bonchev–Trinajstić information content (AvgIpc) is 2.85. The number of nitrogens with zero attached hydrogens (tertiary/aromatic N) is 2. The molecule has 0 fully saturated rings. The van der Waals surface area contributed by atoms with Crippen LogP contribution in [0.5, 0.6) is 0 Å². The number of hydrogen-bond acceptors (Lipinski definition) is 2. The Morgan fingerprint density at radius 1 is 1.05 bits per heavy atom. The summed E-state index contributed by atoms with van der Waals surface area (Å²) in [6.45, 7) is 0.469. The zero-order valence-corrected chi connectivity index (χ0v) is 14.0. The minimum atomic E-state index is -0.144. The van der Waals surface area contributed by atoms with Crippen molar-refractivity contribution in [2.24, 2.45) is 0 Å². The number of aliphatic hydroxyl groups excluding tert-OH is 1. The smallest absolute Gasteiger partial charge is 0.153 e. The van der Waals surface area contributed by atoms with Gasteiger partial charge in [0.1, 0.15) is 5.82 Å². The number of imidazole rings is 1. The fourth-order valence-electron chi connectivity index (χ4n) is 2.36. The summed E-state index contributed by atoms with van der Waals surface area (Å²) in [7, 11) is 0. The molecule has 0 atom stereocenters. The van der Waals surface area contributed by atoms with E-state index in [2.05, 4.69) is 20.9 Å². The van der Waals surface area contributed by atoms with Gasteiger partial charge in [0.2, 0.25) is 0 Å². The van der Waals surface area contributed by atoms with Crippen molar-refractivity contribution in [3.05, 3.63) is 75.5 Å². The molecular weight excluding hydrogens is 364 g/mol. The molecule has 0 saturated carbocycles. The van der Waals surface area contributed by atoms with Crippen LogP contribution in [0.1, 0.15) is 11.3 Å². The summed E-state index contributed by atoms with van der Waals surface area (Å²) in [5.74, 6) is 0.755. The summed E-state index contributed by atoms with van der Waals surface area (Å²) in [5, 5.41) is 9.97. The highest BCUT2D eigenvalue weighted by molar-refractivity contribution is 9.10. The first kappa shape index (κ1) is 15.3. The van der Waals surface area contributed by atoms with E-state index in [1.54, 1.807) is 0 Å². The van der Waals surface area contributed by atoms with Gasteiger partial charge in [-0.1, -0.05) is 70.0 Å². The monoisotopic (exact) mass is 376 g/mol. The molecule has 3 rings (SSSR count). The lowest BCUT2D eigenvalue weighted by Gasteiger charge is -2.11. The molecule has 0 amide bonds. The maximum Gasteiger partial charge on any atom is 0.153 e. The summed E-state index contributed by atoms with van der Waals surface area (Å²) < 4.78 is 2.96. The molecule has 0 aliphatic rings. The number of rotatable bonds is 4. The highest BCUT2D eigenvalue weighted by Crippen LogP contribution is 2.27. The van der Waals surface area contributed by atoms with Gasteiger partial charge >= 0.3 is 0 Å². The zero-order valence-electron chi connectivity index (χ0n) is 11.7. The maximum atomic E-state index is 9.63. The molecule has 1 heterocycles. The van der Waals surface area contributed by atoms with Gasteiger partial charge in [-0.15, -0.1) is 0 Å². The van der Waals surface area contributed by atoms with Crippen LogP contribution in [0, 0.1) is 0 Å². The molecule has 0 radical (unpaired) electrons. The number of hydrogen-bond donors (Lipinski definition) is 1. The van der Waals surface area contributed by atoms with E-state index in [-0.39, 0.29) is 6.61 Å². The van der Waals surface area contributed by atoms with E-state index in [9.17, 15) is 5.11 Å². The van der Waals surface area contributed by atoms with Crippen LogP contribution >= 0.6 is 27.5 Å². The first-order valence-electron chi connectivity index (χ1n) is 6.84. The number of aliphatic hydroxyl groups is 1. The molecule has 5 heteroatoms. The van der Waals surface area contributed by atoms with Crippen molar-refractivity contribution in [1.82, 2.24) is 9.55 Å². The Bertz CT molecular complexity index is 769. The van der Waals surface area contributed by atoms with E-state index in [1.165, 1.54) is 0 Å². The Morgan fingerprint density at radius 2 is 1.73 bits per heavy atom. The summed E-state index contributed by atoms with van der Waals surface area (Å²) in [4.78, 5) is 4.43. The van der Waals surface area contributed by atoms with Crippen molar-refractivity contribution < 1.29 is 5.11 Å². The molecule has 0 saturated heterocycles. The molecule has 3 nitrogen and oxygen atoms in total. The van der Waals surface area contributed by atoms with E-state index in [4.69, 9.17) is 11.6 Å². The molecule has 0 aliphatic heterocycles. The van der Waals surface area contributed by atoms with Crippen LogP contribution in [-0.4, -0.2) is 14.7 Å². The second-order valence-electron chi connectivity index (χ2n) is 4.91. The van der Waals surface area contributed by atoms with Crippen molar-refractivity contribution >= 4 is 27.5 Å². The fourth-order valence-corrected chi connectivity index (χ4v) is 2.87. The number of aromatic nitrogens is 2. The second kappa shape index (κ2) is 6.65. The molecule has 0 aliphatic carbocycles. The van der Waals surface area contributed by atoms with E-state index in [1.807, 2.05) is 59.2 Å². The van der Waals surface area contributed by atoms with Crippen LogP contribution < -0.4 is 0 Å². The molecule has 1 N–H and O–H groups in total. The molecule has 0 spiro atoms. The van der Waals surface area contributed by atoms with Crippen LogP contribution in [-0.2, 0) is 13.2 Å². The summed E-state index contributed by atoms with van der Waals surface area (Å²) >= 11 is 9.63. The van der Waals surface area contributed by atoms with Crippen molar-refractivity contribution in [3.8, 4) is 11.4 Å². The number of benzene rings is 2. The zero-order chi connectivity index (χ0) is 15.5. The number of halogens is 2. The summed E-state index contributed by atoms with van der Waals surface area (Å²) in [6, 6.07) is 17.9. The van der Waals surface area contributed by atoms with Gasteiger partial charge in [-0.2, -0.15) is 0 Å². The lowest BCUT2D eigenvalue weighted by molar-refractivity contribution is 0.272. The topological polar surface area (TPSA) is 38.1 Å². The minimum absolute atomic E-state index is 0.144. The molecule has 0 unspecified atom stereocenters. The van der Waals surface area contributed by atoms with Crippen molar-refractivity contribution in [3.63, 3.8) is 0 Å². The van der Waals surface area contributed by atoms with Crippen LogP contribution in [0.15, 0.2) is 59.1 Å². The van der Waals surface area contributed by atoms with E-state index in [0.29, 0.717) is 17.4 Å². The van der Waals surface area contributed by atoms with E-state index >= 15 is 0 Å². The summed E-state index contributed by atoms with van der Waals surface area (Å²) in [6.07, 6.45) is 0. The quantitative estimate of drug-likeness (QED) is 0.726. The van der Waals surface area contributed by atoms with Gasteiger partial charge in [-0.05, 0) is 17.7 Å². The van der Waals surface area contributed by atoms with Gasteiger partial charge in [0, 0.05) is 16.6 Å². The Hall–Kier alpha value is -1.62. The van der Waals surface area contributed by atoms with E-state index < -0.39 is 0 Å². The Balaban J connectivity index is 2.08. The summed E-state index contributed by atoms with van der Waals surface area (Å²) in [5.41, 5.74) is 2.72. The Labute approximate surface area is 142 Å². The van der Waals surface area contributed by atoms with Crippen molar-refractivity contribution in [1.29, 1.82) is 0 Å². The highest BCUT2D eigenvalue weighted by Gasteiger charge is 2.16. The third kappa shape index (κ3) is 3.09. The lowest BCUT2D eigenvalue weighted by atomic mass is 10.2. The predicted octanol–water partition coefficient (Wildman–Crippen LogP) is 4.51. The predicted molar refractivity (Wildman–Crippen MR) is 91.8 cm³/mol. The van der Waals surface area contributed by atoms with Crippen LogP contribution in [0.3, 0.4) is 0 Å². The van der Waals surface area contributed by atoms with Gasteiger partial charge in [0.15, 0.2) is 5.15 Å². The fraction of sp³-hybridized carbons (Fsp3) is 0.118. The largest absolute Gasteiger partial charge is 0.390 e. The first-order valence-corrected chi connectivity index (χ1v) is 8.01. The molecule has 22 heavy (non-hydrogen) atoms. The third-order valence-corrected chi connectivity index (χ3v) is 4.29. The third-order valence-electron chi connectivity index (χ3n) is 3.46. The molecular formula is C17H14BrClN2O. The second-order valence-corrected chi connectivity index (χ2v) is 6.18. The maximum absolute atomic E-state index is 9.63. The van der Waals surface area contributed by atoms with Crippen LogP contribution in [0.25, 0.3) is 11.4 Å². The first-order chi connectivity index (χ1) is 10.7. The van der Waals surface area contributed by atoms with Crippen LogP contribution in [0.4, 0.5) is 0 Å². The van der Waals surface area contributed by atoms with Gasteiger partial charge in [-0.25, -0.2) is 4.98 Å². The normalized spacial score (nSPS) is 10.9. The standard InChI is InChI=1S/C17H14BrClN2O/c18-14-8-6-13(7-9-14)17-20-16(19)15(11-22)21(17)10-12-4-2-1-3-5-12/h1-9,22H,10-11H2. The average molecular weight is 378 g/mol. The molecule has 1 aromatic heterocycles. The van der Waals surface area contributed by atoms with Gasteiger partial charge < -0.3 is 9.67 Å². The lowest BCUT2D eigenvalue weighted by Crippen LogP contribution is -2.06. The molecule has 2 aromatic carbocycles. The van der Waals surface area contributed by atoms with Gasteiger partial charge in [0.25, 0.3) is 0 Å². The van der Waals surface area contributed by atoms with Gasteiger partial charge in [-0.3, -0.25) is 0 Å². The van der Waals surface area contributed by atoms with Gasteiger partial charge in [0.05, 0.1) is 12.3 Å². The van der Waals surface area contributed by atoms with Crippen molar-refractivity contribution in [2.45, 2.75) is 13.2 Å². The Kier molecular flexibility index (Phi) is 4.62. The minimum Gasteiger partial charge on any atom is -0.390 e. The SMILES string of the molecule is OCc1c(Cl)nc(-c2ccc(Br)cc2)n1Cc1ccccc1. The van der Waals surface area contributed by atoms with Crippen molar-refractivity contribution in [2.75, 3.05) is 0 Å². The van der Waals surface area contributed by atoms with Crippen LogP contribution in [0.2, 0.25) is 5.15 Å². The van der Waals surface area contributed by atoms with E-state index in [0.717, 1.165) is 21.4 Å². The molecule has 0 bridgehead atoms. The highest BCUT2D eigenvalue weighted by atomic mass is 79.9. The molecule has 3 aromatic rings.